The number of para-hydroxylation sites is 1. The molecule has 0 saturated carbocycles. The fraction of sp³-hybridized carbons (Fsp3) is 0.188. The Balaban J connectivity index is 1.89. The van der Waals surface area contributed by atoms with E-state index in [1.165, 1.54) is 0 Å². The summed E-state index contributed by atoms with van der Waals surface area (Å²) in [6.07, 6.45) is 0. The highest BCUT2D eigenvalue weighted by atomic mass is 16.5. The molecular formula is C16H16N4O. The number of nitrogens with two attached hydrogens (primary N) is 1. The zero-order chi connectivity index (χ0) is 14.8. The van der Waals surface area contributed by atoms with Gasteiger partial charge in [-0.1, -0.05) is 18.2 Å². The lowest BCUT2D eigenvalue weighted by molar-refractivity contribution is 0.299. The Morgan fingerprint density at radius 2 is 1.86 bits per heavy atom. The van der Waals surface area contributed by atoms with E-state index in [2.05, 4.69) is 15.0 Å². The Morgan fingerprint density at radius 3 is 2.67 bits per heavy atom. The molecule has 3 aromatic rings. The van der Waals surface area contributed by atoms with E-state index < -0.39 is 0 Å². The van der Waals surface area contributed by atoms with Crippen LogP contribution in [0.1, 0.15) is 17.2 Å². The molecule has 5 nitrogen and oxygen atoms in total. The molecule has 0 aliphatic heterocycles. The van der Waals surface area contributed by atoms with Gasteiger partial charge < -0.3 is 10.5 Å². The van der Waals surface area contributed by atoms with Crippen LogP contribution in [-0.2, 0) is 6.61 Å². The lowest BCUT2D eigenvalue weighted by Gasteiger charge is -2.09. The fourth-order valence-corrected chi connectivity index (χ4v) is 2.20. The first-order valence-electron chi connectivity index (χ1n) is 6.71. The number of hydrogen-bond acceptors (Lipinski definition) is 5. The molecule has 0 saturated heterocycles. The largest absolute Gasteiger partial charge is 0.483 e. The number of nitrogens with zero attached hydrogens (tertiary/aromatic N) is 3. The number of pyridine rings is 1. The predicted molar refractivity (Wildman–Crippen MR) is 82.0 cm³/mol. The molecule has 0 radical (unpaired) electrons. The zero-order valence-electron chi connectivity index (χ0n) is 12.0. The van der Waals surface area contributed by atoms with Gasteiger partial charge in [-0.25, -0.2) is 15.0 Å². The monoisotopic (exact) mass is 280 g/mol. The van der Waals surface area contributed by atoms with Gasteiger partial charge in [-0.3, -0.25) is 0 Å². The van der Waals surface area contributed by atoms with Crippen LogP contribution in [0, 0.1) is 13.8 Å². The van der Waals surface area contributed by atoms with Gasteiger partial charge in [0.15, 0.2) is 5.82 Å². The highest BCUT2D eigenvalue weighted by Gasteiger charge is 2.06. The molecule has 0 aliphatic rings. The molecule has 0 fully saturated rings. The Morgan fingerprint density at radius 1 is 1.00 bits per heavy atom. The Hall–Kier alpha value is -2.69. The summed E-state index contributed by atoms with van der Waals surface area (Å²) in [6.45, 7) is 4.10. The van der Waals surface area contributed by atoms with E-state index in [1.54, 1.807) is 6.07 Å². The minimum absolute atomic E-state index is 0.264. The van der Waals surface area contributed by atoms with Gasteiger partial charge in [0, 0.05) is 22.8 Å². The molecule has 0 bridgehead atoms. The van der Waals surface area contributed by atoms with Gasteiger partial charge in [-0.2, -0.15) is 0 Å². The molecular weight excluding hydrogens is 264 g/mol. The van der Waals surface area contributed by atoms with Gasteiger partial charge in [0.1, 0.15) is 23.7 Å². The summed E-state index contributed by atoms with van der Waals surface area (Å²) in [7, 11) is 0. The van der Waals surface area contributed by atoms with Crippen LogP contribution in [0.15, 0.2) is 36.4 Å². The number of ether oxygens (including phenoxy) is 1. The summed E-state index contributed by atoms with van der Waals surface area (Å²) >= 11 is 0. The summed E-state index contributed by atoms with van der Waals surface area (Å²) in [5.74, 6) is 1.74. The number of rotatable bonds is 3. The Labute approximate surface area is 122 Å². The molecule has 0 atom stereocenters. The van der Waals surface area contributed by atoms with Gasteiger partial charge in [-0.05, 0) is 26.0 Å². The first-order valence-corrected chi connectivity index (χ1v) is 6.71. The van der Waals surface area contributed by atoms with Crippen LogP contribution in [0.4, 0.5) is 5.82 Å². The molecule has 5 heteroatoms. The lowest BCUT2D eigenvalue weighted by Crippen LogP contribution is -2.05. The molecule has 1 aromatic carbocycles. The van der Waals surface area contributed by atoms with E-state index in [0.29, 0.717) is 11.6 Å². The number of nitrogen functional groups attached to an aromatic ring is 1. The van der Waals surface area contributed by atoms with Crippen molar-refractivity contribution in [3.05, 3.63) is 53.6 Å². The number of fused-ring (bicyclic) bond motifs is 1. The van der Waals surface area contributed by atoms with Crippen LogP contribution in [-0.4, -0.2) is 15.0 Å². The van der Waals surface area contributed by atoms with Crippen molar-refractivity contribution < 1.29 is 4.74 Å². The maximum absolute atomic E-state index is 5.83. The zero-order valence-corrected chi connectivity index (χ0v) is 12.0. The lowest BCUT2D eigenvalue weighted by atomic mass is 10.2. The third kappa shape index (κ3) is 2.91. The van der Waals surface area contributed by atoms with Crippen LogP contribution in [0.2, 0.25) is 0 Å². The van der Waals surface area contributed by atoms with Gasteiger partial charge in [0.05, 0.1) is 0 Å². The van der Waals surface area contributed by atoms with E-state index in [1.807, 2.05) is 44.2 Å². The Kier molecular flexibility index (Phi) is 3.39. The number of anilines is 1. The molecule has 3 rings (SSSR count). The standard InChI is InChI=1S/C16H16N4O/c1-10-6-7-12-4-3-5-13(16(12)19-10)21-9-15-18-11(2)8-14(17)20-15/h3-8H,9H2,1-2H3,(H2,17,18,20). The van der Waals surface area contributed by atoms with E-state index in [9.17, 15) is 0 Å². The predicted octanol–water partition coefficient (Wildman–Crippen LogP) is 2.80. The third-order valence-corrected chi connectivity index (χ3v) is 3.10. The van der Waals surface area contributed by atoms with Crippen LogP contribution in [0.5, 0.6) is 5.75 Å². The van der Waals surface area contributed by atoms with Crippen LogP contribution in [0.25, 0.3) is 10.9 Å². The fourth-order valence-electron chi connectivity index (χ4n) is 2.20. The van der Waals surface area contributed by atoms with E-state index >= 15 is 0 Å². The Bertz CT molecular complexity index is 781. The quantitative estimate of drug-likeness (QED) is 0.798. The molecule has 2 N–H and O–H groups in total. The SMILES string of the molecule is Cc1cc(N)nc(COc2cccc3ccc(C)nc23)n1. The molecule has 0 unspecified atom stereocenters. The van der Waals surface area contributed by atoms with Crippen LogP contribution < -0.4 is 10.5 Å². The summed E-state index contributed by atoms with van der Waals surface area (Å²) in [4.78, 5) is 13.0. The maximum atomic E-state index is 5.83. The first-order chi connectivity index (χ1) is 10.1. The molecule has 0 aliphatic carbocycles. The topological polar surface area (TPSA) is 73.9 Å². The number of hydrogen-bond donors (Lipinski definition) is 1. The normalized spacial score (nSPS) is 10.8. The summed E-state index contributed by atoms with van der Waals surface area (Å²) in [6, 6.07) is 11.6. The average Bonchev–Trinajstić information content (AvgIpc) is 2.44. The van der Waals surface area contributed by atoms with Crippen molar-refractivity contribution in [2.45, 2.75) is 20.5 Å². The molecule has 0 amide bonds. The van der Waals surface area contributed by atoms with Gasteiger partial charge in [0.2, 0.25) is 0 Å². The third-order valence-electron chi connectivity index (χ3n) is 3.10. The van der Waals surface area contributed by atoms with E-state index in [4.69, 9.17) is 10.5 Å². The molecule has 106 valence electrons. The van der Waals surface area contributed by atoms with Gasteiger partial charge in [0.25, 0.3) is 0 Å². The van der Waals surface area contributed by atoms with E-state index in [-0.39, 0.29) is 6.61 Å². The highest BCUT2D eigenvalue weighted by molar-refractivity contribution is 5.84. The number of benzene rings is 1. The first kappa shape index (κ1) is 13.3. The maximum Gasteiger partial charge on any atom is 0.168 e. The molecule has 21 heavy (non-hydrogen) atoms. The van der Waals surface area contributed by atoms with Crippen molar-refractivity contribution in [3.63, 3.8) is 0 Å². The van der Waals surface area contributed by atoms with Crippen molar-refractivity contribution >= 4 is 16.7 Å². The molecule has 0 spiro atoms. The summed E-state index contributed by atoms with van der Waals surface area (Å²) in [5, 5.41) is 1.04. The van der Waals surface area contributed by atoms with Crippen LogP contribution >= 0.6 is 0 Å². The second-order valence-electron chi connectivity index (χ2n) is 4.92. The second-order valence-corrected chi connectivity index (χ2v) is 4.92. The summed E-state index contributed by atoms with van der Waals surface area (Å²) in [5.41, 5.74) is 8.35. The van der Waals surface area contributed by atoms with Gasteiger partial charge in [-0.15, -0.1) is 0 Å². The van der Waals surface area contributed by atoms with Crippen molar-refractivity contribution in [1.82, 2.24) is 15.0 Å². The van der Waals surface area contributed by atoms with E-state index in [0.717, 1.165) is 28.0 Å². The van der Waals surface area contributed by atoms with Crippen molar-refractivity contribution in [1.29, 1.82) is 0 Å². The smallest absolute Gasteiger partial charge is 0.168 e. The van der Waals surface area contributed by atoms with Crippen molar-refractivity contribution in [2.75, 3.05) is 5.73 Å². The van der Waals surface area contributed by atoms with Gasteiger partial charge >= 0.3 is 0 Å². The van der Waals surface area contributed by atoms with Crippen molar-refractivity contribution in [2.24, 2.45) is 0 Å². The second kappa shape index (κ2) is 5.36. The molecule has 2 aromatic heterocycles. The van der Waals surface area contributed by atoms with Crippen LogP contribution in [0.3, 0.4) is 0 Å². The minimum Gasteiger partial charge on any atom is -0.483 e. The highest BCUT2D eigenvalue weighted by Crippen LogP contribution is 2.24. The number of aryl methyl sites for hydroxylation is 2. The number of aromatic nitrogens is 3. The minimum atomic E-state index is 0.264. The average molecular weight is 280 g/mol. The summed E-state index contributed by atoms with van der Waals surface area (Å²) < 4.78 is 5.83. The van der Waals surface area contributed by atoms with Crippen molar-refractivity contribution in [3.8, 4) is 5.75 Å². The molecule has 2 heterocycles.